The molecule has 0 aliphatic heterocycles. The number of fused-ring (bicyclic) bond motifs is 1. The van der Waals surface area contributed by atoms with Crippen LogP contribution in [0.15, 0.2) is 43.1 Å². The van der Waals surface area contributed by atoms with E-state index in [9.17, 15) is 5.26 Å². The maximum atomic E-state index is 9.50. The number of aromatic nitrogens is 6. The van der Waals surface area contributed by atoms with E-state index in [1.54, 1.807) is 23.4 Å². The van der Waals surface area contributed by atoms with Gasteiger partial charge >= 0.3 is 0 Å². The highest BCUT2D eigenvalue weighted by molar-refractivity contribution is 5.75. The van der Waals surface area contributed by atoms with E-state index in [1.165, 1.54) is 6.42 Å². The molecule has 11 nitrogen and oxygen atoms in total. The van der Waals surface area contributed by atoms with Gasteiger partial charge in [0, 0.05) is 30.9 Å². The number of hydrogen-bond acceptors (Lipinski definition) is 9. The van der Waals surface area contributed by atoms with Crippen molar-refractivity contribution in [1.82, 2.24) is 34.3 Å². The zero-order chi connectivity index (χ0) is 23.5. The van der Waals surface area contributed by atoms with Gasteiger partial charge in [0.25, 0.3) is 0 Å². The van der Waals surface area contributed by atoms with Crippen LogP contribution in [-0.2, 0) is 0 Å². The molecule has 1 aliphatic rings. The molecule has 34 heavy (non-hydrogen) atoms. The van der Waals surface area contributed by atoms with E-state index in [4.69, 9.17) is 0 Å². The Labute approximate surface area is 197 Å². The first-order valence-corrected chi connectivity index (χ1v) is 11.3. The molecular weight excluding hydrogens is 430 g/mol. The molecule has 3 heterocycles. The molecule has 1 saturated carbocycles. The second kappa shape index (κ2) is 9.36. The summed E-state index contributed by atoms with van der Waals surface area (Å²) in [7, 11) is 4.09. The summed E-state index contributed by atoms with van der Waals surface area (Å²) in [5, 5.41) is 32.5. The van der Waals surface area contributed by atoms with Gasteiger partial charge in [-0.25, -0.2) is 4.98 Å². The van der Waals surface area contributed by atoms with E-state index in [2.05, 4.69) is 47.2 Å². The van der Waals surface area contributed by atoms with Crippen LogP contribution in [0, 0.1) is 11.3 Å². The van der Waals surface area contributed by atoms with Crippen molar-refractivity contribution in [1.29, 1.82) is 5.26 Å². The molecule has 5 rings (SSSR count). The van der Waals surface area contributed by atoms with Crippen LogP contribution in [-0.4, -0.2) is 67.5 Å². The van der Waals surface area contributed by atoms with Crippen molar-refractivity contribution in [3.8, 4) is 11.8 Å². The number of rotatable bonds is 9. The number of nitriles is 1. The summed E-state index contributed by atoms with van der Waals surface area (Å²) in [6.07, 6.45) is 8.39. The molecule has 174 valence electrons. The topological polar surface area (TPSA) is 124 Å². The van der Waals surface area contributed by atoms with Crippen LogP contribution in [0.25, 0.3) is 11.3 Å². The molecule has 0 unspecified atom stereocenters. The summed E-state index contributed by atoms with van der Waals surface area (Å²) in [5.41, 5.74) is 4.65. The van der Waals surface area contributed by atoms with Crippen molar-refractivity contribution in [3.05, 3.63) is 48.8 Å². The highest BCUT2D eigenvalue weighted by Gasteiger charge is 2.20. The van der Waals surface area contributed by atoms with Crippen molar-refractivity contribution in [2.24, 2.45) is 0 Å². The lowest BCUT2D eigenvalue weighted by Crippen LogP contribution is -2.27. The van der Waals surface area contributed by atoms with E-state index < -0.39 is 0 Å². The van der Waals surface area contributed by atoms with Crippen LogP contribution in [0.1, 0.15) is 25.0 Å². The number of benzene rings is 1. The van der Waals surface area contributed by atoms with Crippen molar-refractivity contribution in [2.75, 3.05) is 43.1 Å². The first-order chi connectivity index (χ1) is 16.6. The van der Waals surface area contributed by atoms with Crippen molar-refractivity contribution >= 4 is 28.5 Å². The smallest absolute Gasteiger partial charge is 0.178 e. The Kier molecular flexibility index (Phi) is 5.97. The fourth-order valence-corrected chi connectivity index (χ4v) is 3.84. The number of likely N-dealkylation sites (N-methyl/N-ethyl adjacent to an activating group) is 1. The van der Waals surface area contributed by atoms with Crippen LogP contribution in [0.4, 0.5) is 22.9 Å². The third-order valence-electron chi connectivity index (χ3n) is 5.89. The Morgan fingerprint density at radius 2 is 1.97 bits per heavy atom. The normalized spacial score (nSPS) is 13.6. The Balaban J connectivity index is 1.47. The molecule has 1 aliphatic carbocycles. The fourth-order valence-electron chi connectivity index (χ4n) is 3.84. The molecule has 0 radical (unpaired) electrons. The average Bonchev–Trinajstić information content (AvgIpc) is 3.47. The third-order valence-corrected chi connectivity index (χ3v) is 5.89. The van der Waals surface area contributed by atoms with Crippen LogP contribution in [0.5, 0.6) is 0 Å². The maximum absolute atomic E-state index is 9.50. The first kappa shape index (κ1) is 21.7. The molecule has 4 aromatic rings. The minimum Gasteiger partial charge on any atom is -0.382 e. The van der Waals surface area contributed by atoms with Gasteiger partial charge in [0.2, 0.25) is 0 Å². The Morgan fingerprint density at radius 1 is 1.15 bits per heavy atom. The van der Waals surface area contributed by atoms with Gasteiger partial charge in [0.15, 0.2) is 17.2 Å². The van der Waals surface area contributed by atoms with Gasteiger partial charge in [0.05, 0.1) is 23.3 Å². The molecule has 0 saturated heterocycles. The molecule has 1 fully saturated rings. The molecule has 0 spiro atoms. The highest BCUT2D eigenvalue weighted by Crippen LogP contribution is 2.30. The number of imidazole rings is 1. The Hall–Kier alpha value is -4.17. The van der Waals surface area contributed by atoms with Crippen LogP contribution >= 0.6 is 0 Å². The van der Waals surface area contributed by atoms with Crippen LogP contribution in [0.3, 0.4) is 0 Å². The van der Waals surface area contributed by atoms with Gasteiger partial charge in [-0.05, 0) is 51.6 Å². The summed E-state index contributed by atoms with van der Waals surface area (Å²) < 4.78 is 3.45. The number of nitrogens with one attached hydrogen (secondary N) is 3. The van der Waals surface area contributed by atoms with Gasteiger partial charge in [-0.2, -0.15) is 9.78 Å². The molecular formula is C23H27N11. The second-order valence-electron chi connectivity index (χ2n) is 8.66. The monoisotopic (exact) mass is 457 g/mol. The Bertz CT molecular complexity index is 1310. The molecule has 1 aromatic carbocycles. The SMILES string of the molecule is CN(C)CCNc1ccc(Nc2cc(NC3CCC3)c3ncc(C#N)n3n2)cc1-n1cnnc1. The quantitative estimate of drug-likeness (QED) is 0.348. The van der Waals surface area contributed by atoms with E-state index in [0.717, 1.165) is 48.7 Å². The maximum Gasteiger partial charge on any atom is 0.178 e. The largest absolute Gasteiger partial charge is 0.382 e. The van der Waals surface area contributed by atoms with E-state index in [1.807, 2.05) is 42.9 Å². The summed E-state index contributed by atoms with van der Waals surface area (Å²) in [6, 6.07) is 10.6. The summed E-state index contributed by atoms with van der Waals surface area (Å²) >= 11 is 0. The number of hydrogen-bond donors (Lipinski definition) is 3. The van der Waals surface area contributed by atoms with Gasteiger partial charge in [-0.1, -0.05) is 0 Å². The molecule has 0 atom stereocenters. The van der Waals surface area contributed by atoms with E-state index >= 15 is 0 Å². The molecule has 0 bridgehead atoms. The summed E-state index contributed by atoms with van der Waals surface area (Å²) in [5.74, 6) is 0.617. The van der Waals surface area contributed by atoms with Crippen molar-refractivity contribution in [3.63, 3.8) is 0 Å². The molecule has 3 N–H and O–H groups in total. The van der Waals surface area contributed by atoms with Gasteiger partial charge < -0.3 is 20.9 Å². The van der Waals surface area contributed by atoms with Gasteiger partial charge in [-0.3, -0.25) is 4.57 Å². The van der Waals surface area contributed by atoms with Crippen molar-refractivity contribution in [2.45, 2.75) is 25.3 Å². The first-order valence-electron chi connectivity index (χ1n) is 11.3. The standard InChI is InChI=1S/C23H27N11/c1-32(2)9-8-25-19-7-6-17(10-21(19)33-14-27-28-15-33)30-22-11-20(29-16-4-3-5-16)23-26-13-18(12-24)34(23)31-22/h6-7,10-11,13-16,25,29H,3-5,8-9H2,1-2H3,(H,30,31). The minimum atomic E-state index is 0.390. The van der Waals surface area contributed by atoms with E-state index in [-0.39, 0.29) is 0 Å². The lowest BCUT2D eigenvalue weighted by atomic mass is 9.93. The number of nitrogens with zero attached hydrogens (tertiary/aromatic N) is 8. The van der Waals surface area contributed by atoms with Gasteiger partial charge in [0.1, 0.15) is 18.7 Å². The second-order valence-corrected chi connectivity index (χ2v) is 8.66. The molecule has 3 aromatic heterocycles. The Morgan fingerprint density at radius 3 is 2.68 bits per heavy atom. The fraction of sp³-hybridized carbons (Fsp3) is 0.348. The number of anilines is 4. The summed E-state index contributed by atoms with van der Waals surface area (Å²) in [4.78, 5) is 6.54. The lowest BCUT2D eigenvalue weighted by Gasteiger charge is -2.27. The zero-order valence-electron chi connectivity index (χ0n) is 19.2. The molecule has 0 amide bonds. The highest BCUT2D eigenvalue weighted by atomic mass is 15.3. The van der Waals surface area contributed by atoms with Crippen LogP contribution < -0.4 is 16.0 Å². The summed E-state index contributed by atoms with van der Waals surface area (Å²) in [6.45, 7) is 1.72. The third kappa shape index (κ3) is 4.49. The predicted molar refractivity (Wildman–Crippen MR) is 131 cm³/mol. The van der Waals surface area contributed by atoms with Crippen LogP contribution in [0.2, 0.25) is 0 Å². The molecule has 11 heteroatoms. The minimum absolute atomic E-state index is 0.390. The lowest BCUT2D eigenvalue weighted by molar-refractivity contribution is 0.425. The predicted octanol–water partition coefficient (Wildman–Crippen LogP) is 2.86. The van der Waals surface area contributed by atoms with E-state index in [0.29, 0.717) is 23.2 Å². The van der Waals surface area contributed by atoms with Gasteiger partial charge in [-0.15, -0.1) is 15.3 Å². The average molecular weight is 458 g/mol. The zero-order valence-corrected chi connectivity index (χ0v) is 19.2. The van der Waals surface area contributed by atoms with Crippen molar-refractivity contribution < 1.29 is 0 Å².